The Labute approximate surface area is 133 Å². The second-order valence-electron chi connectivity index (χ2n) is 7.38. The summed E-state index contributed by atoms with van der Waals surface area (Å²) >= 11 is 12.4. The van der Waals surface area contributed by atoms with Crippen molar-refractivity contribution in [2.24, 2.45) is 0 Å². The zero-order valence-electron chi connectivity index (χ0n) is 13.5. The SMILES string of the molecule is CCc1cc(C(C)(C)C)c([P+](O)(Cl)Cl)c(C(C)(C)C)c1. The minimum Gasteiger partial charge on any atom is -0.210 e. The largest absolute Gasteiger partial charge is 0.369 e. The number of hydrogen-bond acceptors (Lipinski definition) is 1. The first kappa shape index (κ1) is 18.2. The van der Waals surface area contributed by atoms with Gasteiger partial charge in [0.25, 0.3) is 0 Å². The van der Waals surface area contributed by atoms with Gasteiger partial charge in [-0.25, -0.2) is 4.89 Å². The zero-order valence-corrected chi connectivity index (χ0v) is 15.9. The van der Waals surface area contributed by atoms with Crippen LogP contribution in [0, 0.1) is 0 Å². The lowest BCUT2D eigenvalue weighted by Crippen LogP contribution is -2.31. The Bertz CT molecular complexity index is 456. The summed E-state index contributed by atoms with van der Waals surface area (Å²) in [6, 6.07) is 4.28. The molecule has 0 amide bonds. The highest BCUT2D eigenvalue weighted by Gasteiger charge is 2.45. The zero-order chi connectivity index (χ0) is 15.9. The van der Waals surface area contributed by atoms with Crippen molar-refractivity contribution < 1.29 is 4.89 Å². The molecule has 0 aliphatic rings. The average molecular weight is 336 g/mol. The summed E-state index contributed by atoms with van der Waals surface area (Å²) < 4.78 is 0. The van der Waals surface area contributed by atoms with Crippen LogP contribution >= 0.6 is 28.7 Å². The Hall–Kier alpha value is 0.190. The van der Waals surface area contributed by atoms with Crippen molar-refractivity contribution in [2.45, 2.75) is 65.7 Å². The van der Waals surface area contributed by atoms with E-state index in [4.69, 9.17) is 22.5 Å². The molecule has 0 saturated carbocycles. The predicted octanol–water partition coefficient (Wildman–Crippen LogP) is 5.70. The van der Waals surface area contributed by atoms with E-state index in [1.807, 2.05) is 0 Å². The van der Waals surface area contributed by atoms with Crippen LogP contribution in [0.2, 0.25) is 0 Å². The molecule has 0 aliphatic heterocycles. The number of benzene rings is 1. The third-order valence-electron chi connectivity index (χ3n) is 3.46. The van der Waals surface area contributed by atoms with Gasteiger partial charge in [0.2, 0.25) is 0 Å². The summed E-state index contributed by atoms with van der Waals surface area (Å²) in [5, 5.41) is 0.748. The van der Waals surface area contributed by atoms with Crippen LogP contribution in [0.5, 0.6) is 0 Å². The highest BCUT2D eigenvalue weighted by molar-refractivity contribution is 8.18. The normalized spacial score (nSPS) is 13.7. The summed E-state index contributed by atoms with van der Waals surface area (Å²) in [6.45, 7) is 14.9. The Morgan fingerprint density at radius 2 is 1.30 bits per heavy atom. The molecule has 20 heavy (non-hydrogen) atoms. The van der Waals surface area contributed by atoms with Gasteiger partial charge in [0.15, 0.2) is 5.30 Å². The van der Waals surface area contributed by atoms with Gasteiger partial charge in [0, 0.05) is 11.1 Å². The molecule has 0 heterocycles. The van der Waals surface area contributed by atoms with Crippen LogP contribution in [-0.2, 0) is 17.3 Å². The van der Waals surface area contributed by atoms with Gasteiger partial charge in [-0.1, -0.05) is 60.6 Å². The van der Waals surface area contributed by atoms with Crippen molar-refractivity contribution in [1.82, 2.24) is 0 Å². The van der Waals surface area contributed by atoms with E-state index < -0.39 is 6.19 Å². The second kappa shape index (κ2) is 5.76. The Kier molecular flexibility index (Phi) is 5.26. The molecule has 1 nitrogen and oxygen atoms in total. The standard InChI is InChI=1S/C16H26Cl2OP/c1-8-11-9-12(15(2,3)4)14(20(17,18)19)13(10-11)16(5,6)7/h9-10,19H,8H2,1-7H3/q+1. The van der Waals surface area contributed by atoms with Crippen molar-refractivity contribution in [3.05, 3.63) is 28.8 Å². The molecule has 0 unspecified atom stereocenters. The number of rotatable bonds is 2. The van der Waals surface area contributed by atoms with E-state index >= 15 is 0 Å². The van der Waals surface area contributed by atoms with Crippen LogP contribution in [-0.4, -0.2) is 4.89 Å². The molecule has 1 N–H and O–H groups in total. The monoisotopic (exact) mass is 335 g/mol. The molecule has 0 fully saturated rings. The lowest BCUT2D eigenvalue weighted by molar-refractivity contribution is 0.570. The number of hydrogen-bond donors (Lipinski definition) is 1. The molecule has 0 saturated heterocycles. The molecular weight excluding hydrogens is 310 g/mol. The van der Waals surface area contributed by atoms with Crippen molar-refractivity contribution in [1.29, 1.82) is 0 Å². The van der Waals surface area contributed by atoms with E-state index in [9.17, 15) is 4.89 Å². The summed E-state index contributed by atoms with van der Waals surface area (Å²) in [6.07, 6.45) is -2.17. The van der Waals surface area contributed by atoms with E-state index in [2.05, 4.69) is 60.6 Å². The van der Waals surface area contributed by atoms with Gasteiger partial charge >= 0.3 is 6.19 Å². The van der Waals surface area contributed by atoms with Gasteiger partial charge in [-0.15, -0.1) is 0 Å². The minimum atomic E-state index is -3.12. The lowest BCUT2D eigenvalue weighted by Gasteiger charge is -2.29. The first-order chi connectivity index (χ1) is 8.78. The molecule has 0 aromatic heterocycles. The Balaban J connectivity index is 3.83. The Morgan fingerprint density at radius 1 is 0.950 bits per heavy atom. The minimum absolute atomic E-state index is 0.113. The van der Waals surface area contributed by atoms with Crippen molar-refractivity contribution >= 4 is 34.0 Å². The molecule has 1 aromatic carbocycles. The van der Waals surface area contributed by atoms with Crippen LogP contribution < -0.4 is 5.30 Å². The molecule has 0 aliphatic carbocycles. The van der Waals surface area contributed by atoms with E-state index in [0.29, 0.717) is 0 Å². The molecular formula is C16H26Cl2OP+. The fraction of sp³-hybridized carbons (Fsp3) is 0.625. The third-order valence-corrected chi connectivity index (χ3v) is 5.50. The quantitative estimate of drug-likeness (QED) is 0.687. The molecule has 4 heteroatoms. The number of aryl methyl sites for hydroxylation is 1. The molecule has 1 aromatic rings. The molecule has 0 spiro atoms. The molecule has 114 valence electrons. The third kappa shape index (κ3) is 4.10. The maximum absolute atomic E-state index is 10.4. The summed E-state index contributed by atoms with van der Waals surface area (Å²) in [4.78, 5) is 10.4. The highest BCUT2D eigenvalue weighted by atomic mass is 35.9. The topological polar surface area (TPSA) is 20.2 Å². The van der Waals surface area contributed by atoms with Crippen LogP contribution in [0.4, 0.5) is 0 Å². The van der Waals surface area contributed by atoms with Crippen molar-refractivity contribution in [3.8, 4) is 0 Å². The van der Waals surface area contributed by atoms with E-state index in [0.717, 1.165) is 22.9 Å². The van der Waals surface area contributed by atoms with Crippen LogP contribution in [0.1, 0.15) is 65.2 Å². The molecule has 0 atom stereocenters. The van der Waals surface area contributed by atoms with Crippen LogP contribution in [0.15, 0.2) is 12.1 Å². The highest BCUT2D eigenvalue weighted by Crippen LogP contribution is 2.66. The van der Waals surface area contributed by atoms with Gasteiger partial charge in [-0.2, -0.15) is 0 Å². The van der Waals surface area contributed by atoms with E-state index in [1.165, 1.54) is 5.56 Å². The van der Waals surface area contributed by atoms with Gasteiger partial charge in [0.1, 0.15) is 22.5 Å². The van der Waals surface area contributed by atoms with Gasteiger partial charge < -0.3 is 0 Å². The second-order valence-corrected chi connectivity index (χ2v) is 12.2. The van der Waals surface area contributed by atoms with Gasteiger partial charge in [-0.3, -0.25) is 0 Å². The molecule has 1 rings (SSSR count). The van der Waals surface area contributed by atoms with Crippen molar-refractivity contribution in [2.75, 3.05) is 0 Å². The van der Waals surface area contributed by atoms with Crippen LogP contribution in [0.25, 0.3) is 0 Å². The first-order valence-electron chi connectivity index (χ1n) is 6.98. The van der Waals surface area contributed by atoms with Gasteiger partial charge in [0.05, 0.1) is 0 Å². The fourth-order valence-corrected chi connectivity index (χ4v) is 4.80. The molecule has 0 bridgehead atoms. The Morgan fingerprint density at radius 3 is 1.50 bits per heavy atom. The predicted molar refractivity (Wildman–Crippen MR) is 93.7 cm³/mol. The maximum atomic E-state index is 10.4. The first-order valence-corrected chi connectivity index (χ1v) is 10.5. The maximum Gasteiger partial charge on any atom is 0.369 e. The smallest absolute Gasteiger partial charge is 0.210 e. The van der Waals surface area contributed by atoms with Gasteiger partial charge in [-0.05, 0) is 22.8 Å². The summed E-state index contributed by atoms with van der Waals surface area (Å²) in [5.41, 5.74) is 3.15. The fourth-order valence-electron chi connectivity index (χ4n) is 2.33. The van der Waals surface area contributed by atoms with Crippen molar-refractivity contribution in [3.63, 3.8) is 0 Å². The van der Waals surface area contributed by atoms with E-state index in [1.54, 1.807) is 0 Å². The summed E-state index contributed by atoms with van der Waals surface area (Å²) in [5.74, 6) is 0. The van der Waals surface area contributed by atoms with Crippen LogP contribution in [0.3, 0.4) is 0 Å². The summed E-state index contributed by atoms with van der Waals surface area (Å²) in [7, 11) is 0. The van der Waals surface area contributed by atoms with E-state index in [-0.39, 0.29) is 10.8 Å². The molecule has 0 radical (unpaired) electrons. The lowest BCUT2D eigenvalue weighted by atomic mass is 9.79. The number of halogens is 2. The average Bonchev–Trinajstić information content (AvgIpc) is 2.23.